The lowest BCUT2D eigenvalue weighted by molar-refractivity contribution is -0.143. The number of esters is 1. The van der Waals surface area contributed by atoms with Crippen LogP contribution < -0.4 is 0 Å². The summed E-state index contributed by atoms with van der Waals surface area (Å²) in [6, 6.07) is 0. The molecule has 0 aromatic carbocycles. The number of hydrogen-bond acceptors (Lipinski definition) is 5. The van der Waals surface area contributed by atoms with Crippen molar-refractivity contribution in [1.29, 1.82) is 0 Å². The van der Waals surface area contributed by atoms with Gasteiger partial charge in [0.05, 0.1) is 12.7 Å². The fourth-order valence-electron chi connectivity index (χ4n) is 5.76. The second-order valence-electron chi connectivity index (χ2n) is 13.4. The van der Waals surface area contributed by atoms with Crippen LogP contribution in [-0.2, 0) is 14.3 Å². The van der Waals surface area contributed by atoms with E-state index in [1.807, 2.05) is 0 Å². The number of unbranched alkanes of at least 4 members (excludes halogenated alkanes) is 17. The summed E-state index contributed by atoms with van der Waals surface area (Å²) >= 11 is 0. The molecule has 0 aliphatic heterocycles. The molecule has 0 saturated carbocycles. The third kappa shape index (κ3) is 37.5. The second kappa shape index (κ2) is 38.5. The molecule has 0 heterocycles. The zero-order valence-electron chi connectivity index (χ0n) is 31.0. The first-order chi connectivity index (χ1) is 21.4. The summed E-state index contributed by atoms with van der Waals surface area (Å²) in [4.78, 5) is 14.2. The van der Waals surface area contributed by atoms with Crippen LogP contribution >= 0.6 is 0 Å². The lowest BCUT2D eigenvalue weighted by atomic mass is 10.0. The fraction of sp³-hybridized carbons (Fsp3) is 0.974. The molecule has 0 aromatic heterocycles. The number of aliphatic hydroxyl groups excluding tert-OH is 1. The molecule has 5 heteroatoms. The Labute approximate surface area is 277 Å². The van der Waals surface area contributed by atoms with Crippen LogP contribution in [0.25, 0.3) is 0 Å². The zero-order chi connectivity index (χ0) is 32.9. The van der Waals surface area contributed by atoms with Crippen LogP contribution in [0.4, 0.5) is 0 Å². The first-order valence-electron chi connectivity index (χ1n) is 19.5. The molecule has 0 aliphatic rings. The average molecular weight is 628 g/mol. The molecule has 5 nitrogen and oxygen atoms in total. The van der Waals surface area contributed by atoms with E-state index in [0.717, 1.165) is 77.6 Å². The molecule has 0 spiro atoms. The highest BCUT2D eigenvalue weighted by Crippen LogP contribution is 2.15. The van der Waals surface area contributed by atoms with Crippen molar-refractivity contribution < 1.29 is 19.4 Å². The Kier molecular flexibility index (Phi) is 39.8. The van der Waals surface area contributed by atoms with Gasteiger partial charge in [0, 0.05) is 33.2 Å². The van der Waals surface area contributed by atoms with Gasteiger partial charge in [-0.2, -0.15) is 0 Å². The molecule has 44 heavy (non-hydrogen) atoms. The molecule has 0 aliphatic carbocycles. The molecular formula is C39H81NO4. The number of carbonyl (C=O) groups excluding carboxylic acids is 1. The van der Waals surface area contributed by atoms with Gasteiger partial charge in [-0.1, -0.05) is 150 Å². The summed E-state index contributed by atoms with van der Waals surface area (Å²) in [6.07, 6.45) is 29.9. The Hall–Kier alpha value is -0.650. The maximum Gasteiger partial charge on any atom is 0.305 e. The zero-order valence-corrected chi connectivity index (χ0v) is 31.0. The summed E-state index contributed by atoms with van der Waals surface area (Å²) in [6.45, 7) is 15.8. The van der Waals surface area contributed by atoms with E-state index in [1.165, 1.54) is 103 Å². The van der Waals surface area contributed by atoms with Crippen LogP contribution in [-0.4, -0.2) is 62.0 Å². The van der Waals surface area contributed by atoms with Crippen LogP contribution in [0.5, 0.6) is 0 Å². The third-order valence-electron chi connectivity index (χ3n) is 8.51. The fourth-order valence-corrected chi connectivity index (χ4v) is 5.76. The molecule has 0 radical (unpaired) electrons. The van der Waals surface area contributed by atoms with Crippen molar-refractivity contribution in [2.45, 2.75) is 201 Å². The number of methoxy groups -OCH3 is 1. The standard InChI is InChI=1S/C31H63NO4.C8H18/c1-5-7-8-11-18-23-31(34)36-26-20-15-9-12-16-21-29(3)27-32(24-6-2)28-30(33)22-17-13-10-14-19-25-35-4;1-3-5-7-8-6-4-2/h29-30,33H,5-28H2,1-4H3;3-8H2,1-2H3. The number of aliphatic hydroxyl groups is 1. The molecule has 0 bridgehead atoms. The highest BCUT2D eigenvalue weighted by Gasteiger charge is 2.14. The van der Waals surface area contributed by atoms with Crippen LogP contribution in [0.1, 0.15) is 195 Å². The van der Waals surface area contributed by atoms with Crippen molar-refractivity contribution in [2.24, 2.45) is 5.92 Å². The van der Waals surface area contributed by atoms with Crippen LogP contribution in [0.15, 0.2) is 0 Å². The van der Waals surface area contributed by atoms with Crippen molar-refractivity contribution in [3.63, 3.8) is 0 Å². The molecule has 2 atom stereocenters. The van der Waals surface area contributed by atoms with E-state index < -0.39 is 0 Å². The molecule has 0 aromatic rings. The minimum Gasteiger partial charge on any atom is -0.466 e. The summed E-state index contributed by atoms with van der Waals surface area (Å²) in [7, 11) is 1.76. The summed E-state index contributed by atoms with van der Waals surface area (Å²) < 4.78 is 10.5. The molecule has 0 rings (SSSR count). The van der Waals surface area contributed by atoms with E-state index in [9.17, 15) is 9.90 Å². The van der Waals surface area contributed by atoms with E-state index in [-0.39, 0.29) is 12.1 Å². The lowest BCUT2D eigenvalue weighted by Crippen LogP contribution is -2.36. The summed E-state index contributed by atoms with van der Waals surface area (Å²) in [5, 5.41) is 10.5. The first-order valence-corrected chi connectivity index (χ1v) is 19.5. The summed E-state index contributed by atoms with van der Waals surface area (Å²) in [5.41, 5.74) is 0. The Bertz CT molecular complexity index is 538. The van der Waals surface area contributed by atoms with E-state index in [0.29, 0.717) is 18.9 Å². The molecule has 0 amide bonds. The van der Waals surface area contributed by atoms with Gasteiger partial charge in [0.25, 0.3) is 0 Å². The molecule has 1 N–H and O–H groups in total. The van der Waals surface area contributed by atoms with E-state index >= 15 is 0 Å². The predicted molar refractivity (Wildman–Crippen MR) is 193 cm³/mol. The van der Waals surface area contributed by atoms with Crippen LogP contribution in [0.2, 0.25) is 0 Å². The maximum absolute atomic E-state index is 11.8. The molecule has 2 unspecified atom stereocenters. The molecular weight excluding hydrogens is 546 g/mol. The van der Waals surface area contributed by atoms with E-state index in [2.05, 4.69) is 39.5 Å². The lowest BCUT2D eigenvalue weighted by Gasteiger charge is -2.27. The predicted octanol–water partition coefficient (Wildman–Crippen LogP) is 11.3. The Morgan fingerprint density at radius 3 is 1.61 bits per heavy atom. The number of nitrogens with zero attached hydrogens (tertiary/aromatic N) is 1. The van der Waals surface area contributed by atoms with Gasteiger partial charge in [-0.05, 0) is 51.0 Å². The van der Waals surface area contributed by atoms with Gasteiger partial charge in [0.2, 0.25) is 0 Å². The first kappa shape index (κ1) is 45.5. The minimum absolute atomic E-state index is 0.0139. The van der Waals surface area contributed by atoms with Gasteiger partial charge in [0.1, 0.15) is 0 Å². The molecule has 0 saturated heterocycles. The topological polar surface area (TPSA) is 59.0 Å². The second-order valence-corrected chi connectivity index (χ2v) is 13.4. The van der Waals surface area contributed by atoms with Gasteiger partial charge < -0.3 is 19.5 Å². The van der Waals surface area contributed by atoms with Gasteiger partial charge in [-0.15, -0.1) is 0 Å². The highest BCUT2D eigenvalue weighted by atomic mass is 16.5. The van der Waals surface area contributed by atoms with Gasteiger partial charge in [0.15, 0.2) is 0 Å². The van der Waals surface area contributed by atoms with Crippen molar-refractivity contribution in [1.82, 2.24) is 4.90 Å². The third-order valence-corrected chi connectivity index (χ3v) is 8.51. The Morgan fingerprint density at radius 1 is 0.591 bits per heavy atom. The Morgan fingerprint density at radius 2 is 1.07 bits per heavy atom. The Balaban J connectivity index is 0. The van der Waals surface area contributed by atoms with Gasteiger partial charge in [-0.25, -0.2) is 0 Å². The van der Waals surface area contributed by atoms with Crippen molar-refractivity contribution in [3.05, 3.63) is 0 Å². The SMILES string of the molecule is CCCCCCCC.CCCCCCCC(=O)OCCCCCCCC(C)CN(CCC)CC(O)CCCCCCCOC. The molecule has 266 valence electrons. The van der Waals surface area contributed by atoms with Crippen molar-refractivity contribution in [2.75, 3.05) is 40.0 Å². The smallest absolute Gasteiger partial charge is 0.305 e. The normalized spacial score (nSPS) is 12.6. The summed E-state index contributed by atoms with van der Waals surface area (Å²) in [5.74, 6) is 0.655. The van der Waals surface area contributed by atoms with Gasteiger partial charge >= 0.3 is 5.97 Å². The highest BCUT2D eigenvalue weighted by molar-refractivity contribution is 5.69. The van der Waals surface area contributed by atoms with E-state index in [1.54, 1.807) is 7.11 Å². The van der Waals surface area contributed by atoms with Crippen LogP contribution in [0.3, 0.4) is 0 Å². The maximum atomic E-state index is 11.8. The monoisotopic (exact) mass is 628 g/mol. The largest absolute Gasteiger partial charge is 0.466 e. The van der Waals surface area contributed by atoms with Crippen LogP contribution in [0, 0.1) is 5.92 Å². The number of hydrogen-bond donors (Lipinski definition) is 1. The average Bonchev–Trinajstić information content (AvgIpc) is 3.00. The quantitative estimate of drug-likeness (QED) is 0.0579. The number of carbonyl (C=O) groups is 1. The van der Waals surface area contributed by atoms with E-state index in [4.69, 9.17) is 9.47 Å². The minimum atomic E-state index is -0.196. The van der Waals surface area contributed by atoms with Gasteiger partial charge in [-0.3, -0.25) is 4.79 Å². The van der Waals surface area contributed by atoms with Crippen molar-refractivity contribution in [3.8, 4) is 0 Å². The number of rotatable bonds is 33. The van der Waals surface area contributed by atoms with Crippen molar-refractivity contribution >= 4 is 5.97 Å². The molecule has 0 fully saturated rings. The number of ether oxygens (including phenoxy) is 2.